The van der Waals surface area contributed by atoms with E-state index in [0.29, 0.717) is 5.25 Å². The SMILES string of the molecule is CC(C)CCCCCCNC1=NCC(C(C)C)S1. The Bertz CT molecular complexity index is 249. The smallest absolute Gasteiger partial charge is 0.156 e. The van der Waals surface area contributed by atoms with E-state index in [1.165, 1.54) is 37.3 Å². The largest absolute Gasteiger partial charge is 0.365 e. The molecule has 0 amide bonds. The molecule has 0 radical (unpaired) electrons. The van der Waals surface area contributed by atoms with Crippen molar-refractivity contribution in [3.8, 4) is 0 Å². The standard InChI is InChI=1S/C15H30N2S/c1-12(2)9-7-5-6-8-10-16-15-17-11-14(18-15)13(3)4/h12-14H,5-11H2,1-4H3,(H,16,17). The van der Waals surface area contributed by atoms with Crippen LogP contribution in [0.1, 0.15) is 59.8 Å². The summed E-state index contributed by atoms with van der Waals surface area (Å²) in [7, 11) is 0. The lowest BCUT2D eigenvalue weighted by Crippen LogP contribution is -2.21. The molecular weight excluding hydrogens is 240 g/mol. The summed E-state index contributed by atoms with van der Waals surface area (Å²) in [6, 6.07) is 0. The third-order valence-corrected chi connectivity index (χ3v) is 4.90. The van der Waals surface area contributed by atoms with Crippen molar-refractivity contribution in [1.29, 1.82) is 0 Å². The predicted octanol–water partition coefficient (Wildman–Crippen LogP) is 4.31. The Balaban J connectivity index is 1.93. The molecule has 1 atom stereocenters. The predicted molar refractivity (Wildman–Crippen MR) is 84.4 cm³/mol. The molecule has 0 aliphatic carbocycles. The van der Waals surface area contributed by atoms with Crippen molar-refractivity contribution in [3.63, 3.8) is 0 Å². The molecule has 0 bridgehead atoms. The second-order valence-electron chi connectivity index (χ2n) is 6.07. The first-order valence-electron chi connectivity index (χ1n) is 7.54. The molecule has 1 rings (SSSR count). The van der Waals surface area contributed by atoms with Gasteiger partial charge in [-0.1, -0.05) is 65.1 Å². The summed E-state index contributed by atoms with van der Waals surface area (Å²) < 4.78 is 0. The minimum Gasteiger partial charge on any atom is -0.365 e. The van der Waals surface area contributed by atoms with Gasteiger partial charge in [0.2, 0.25) is 0 Å². The molecule has 2 nitrogen and oxygen atoms in total. The number of thioether (sulfide) groups is 1. The van der Waals surface area contributed by atoms with E-state index >= 15 is 0 Å². The number of aliphatic imine (C=N–C) groups is 1. The van der Waals surface area contributed by atoms with Crippen LogP contribution in [0.2, 0.25) is 0 Å². The highest BCUT2D eigenvalue weighted by atomic mass is 32.2. The molecule has 0 spiro atoms. The number of nitrogens with one attached hydrogen (secondary N) is 1. The van der Waals surface area contributed by atoms with Gasteiger partial charge >= 0.3 is 0 Å². The van der Waals surface area contributed by atoms with E-state index in [1.807, 2.05) is 11.8 Å². The molecule has 0 saturated carbocycles. The number of nitrogens with zero attached hydrogens (tertiary/aromatic N) is 1. The molecule has 1 aliphatic rings. The summed E-state index contributed by atoms with van der Waals surface area (Å²) in [4.78, 5) is 4.56. The Morgan fingerprint density at radius 1 is 1.17 bits per heavy atom. The topological polar surface area (TPSA) is 24.4 Å². The van der Waals surface area contributed by atoms with Gasteiger partial charge in [-0.25, -0.2) is 0 Å². The quantitative estimate of drug-likeness (QED) is 0.665. The molecule has 1 unspecified atom stereocenters. The van der Waals surface area contributed by atoms with E-state index in [9.17, 15) is 0 Å². The second-order valence-corrected chi connectivity index (χ2v) is 7.30. The summed E-state index contributed by atoms with van der Waals surface area (Å²) >= 11 is 1.93. The van der Waals surface area contributed by atoms with Gasteiger partial charge in [-0.15, -0.1) is 0 Å². The van der Waals surface area contributed by atoms with E-state index in [2.05, 4.69) is 38.0 Å². The summed E-state index contributed by atoms with van der Waals surface area (Å²) in [6.07, 6.45) is 6.79. The van der Waals surface area contributed by atoms with Crippen LogP contribution in [0.3, 0.4) is 0 Å². The highest BCUT2D eigenvalue weighted by Crippen LogP contribution is 2.25. The number of unbranched alkanes of at least 4 members (excludes halogenated alkanes) is 3. The zero-order chi connectivity index (χ0) is 13.4. The molecule has 3 heteroatoms. The van der Waals surface area contributed by atoms with Crippen LogP contribution >= 0.6 is 11.8 Å². The monoisotopic (exact) mass is 270 g/mol. The molecule has 1 aliphatic heterocycles. The van der Waals surface area contributed by atoms with Crippen LogP contribution in [0, 0.1) is 11.8 Å². The van der Waals surface area contributed by atoms with Gasteiger partial charge in [0.05, 0.1) is 6.54 Å². The summed E-state index contributed by atoms with van der Waals surface area (Å²) in [5.74, 6) is 1.59. The Kier molecular flexibility index (Phi) is 7.80. The number of rotatable bonds is 8. The van der Waals surface area contributed by atoms with Crippen LogP contribution in [0.15, 0.2) is 4.99 Å². The molecule has 18 heavy (non-hydrogen) atoms. The lowest BCUT2D eigenvalue weighted by molar-refractivity contribution is 0.519. The molecule has 0 saturated heterocycles. The Hall–Kier alpha value is -0.180. The highest BCUT2D eigenvalue weighted by molar-refractivity contribution is 8.14. The van der Waals surface area contributed by atoms with Gasteiger partial charge in [0.1, 0.15) is 0 Å². The number of hydrogen-bond donors (Lipinski definition) is 1. The maximum atomic E-state index is 4.56. The van der Waals surface area contributed by atoms with Crippen molar-refractivity contribution in [2.24, 2.45) is 16.8 Å². The maximum absolute atomic E-state index is 4.56. The highest BCUT2D eigenvalue weighted by Gasteiger charge is 2.21. The van der Waals surface area contributed by atoms with Crippen molar-refractivity contribution in [2.75, 3.05) is 13.1 Å². The second kappa shape index (κ2) is 8.84. The van der Waals surface area contributed by atoms with Crippen LogP contribution in [-0.4, -0.2) is 23.5 Å². The minimum absolute atomic E-state index is 0.693. The Morgan fingerprint density at radius 2 is 1.89 bits per heavy atom. The normalized spacial score (nSPS) is 19.7. The lowest BCUT2D eigenvalue weighted by Gasteiger charge is -2.12. The molecule has 0 aromatic heterocycles. The molecule has 0 aromatic rings. The van der Waals surface area contributed by atoms with Crippen molar-refractivity contribution in [3.05, 3.63) is 0 Å². The van der Waals surface area contributed by atoms with E-state index in [0.717, 1.165) is 24.9 Å². The van der Waals surface area contributed by atoms with Gasteiger partial charge in [-0.2, -0.15) is 0 Å². The fraction of sp³-hybridized carbons (Fsp3) is 0.933. The van der Waals surface area contributed by atoms with Crippen LogP contribution < -0.4 is 5.32 Å². The van der Waals surface area contributed by atoms with Crippen LogP contribution in [0.5, 0.6) is 0 Å². The van der Waals surface area contributed by atoms with Crippen molar-refractivity contribution in [2.45, 2.75) is 65.0 Å². The first-order valence-corrected chi connectivity index (χ1v) is 8.42. The van der Waals surface area contributed by atoms with Crippen molar-refractivity contribution < 1.29 is 0 Å². The van der Waals surface area contributed by atoms with Gasteiger partial charge in [-0.05, 0) is 18.3 Å². The molecule has 1 heterocycles. The summed E-state index contributed by atoms with van der Waals surface area (Å²) in [6.45, 7) is 11.3. The van der Waals surface area contributed by atoms with E-state index in [-0.39, 0.29) is 0 Å². The average Bonchev–Trinajstić information content (AvgIpc) is 2.76. The van der Waals surface area contributed by atoms with Crippen LogP contribution in [0.25, 0.3) is 0 Å². The number of amidine groups is 1. The van der Waals surface area contributed by atoms with Gasteiger partial charge in [0, 0.05) is 11.8 Å². The third-order valence-electron chi connectivity index (χ3n) is 3.41. The van der Waals surface area contributed by atoms with Gasteiger partial charge in [0.15, 0.2) is 5.17 Å². The molecular formula is C15H30N2S. The van der Waals surface area contributed by atoms with Gasteiger partial charge in [0.25, 0.3) is 0 Å². The zero-order valence-electron chi connectivity index (χ0n) is 12.5. The third kappa shape index (κ3) is 6.67. The lowest BCUT2D eigenvalue weighted by atomic mass is 10.0. The fourth-order valence-electron chi connectivity index (χ4n) is 2.06. The van der Waals surface area contributed by atoms with E-state index < -0.39 is 0 Å². The fourth-order valence-corrected chi connectivity index (χ4v) is 3.10. The Labute approximate surface area is 117 Å². The van der Waals surface area contributed by atoms with Crippen molar-refractivity contribution >= 4 is 16.9 Å². The zero-order valence-corrected chi connectivity index (χ0v) is 13.4. The average molecular weight is 270 g/mol. The van der Waals surface area contributed by atoms with E-state index in [1.54, 1.807) is 0 Å². The molecule has 0 fully saturated rings. The molecule has 1 N–H and O–H groups in total. The van der Waals surface area contributed by atoms with Gasteiger partial charge in [-0.3, -0.25) is 4.99 Å². The van der Waals surface area contributed by atoms with Crippen LogP contribution in [-0.2, 0) is 0 Å². The Morgan fingerprint density at radius 3 is 2.50 bits per heavy atom. The van der Waals surface area contributed by atoms with Crippen molar-refractivity contribution in [1.82, 2.24) is 5.32 Å². The molecule has 0 aromatic carbocycles. The first-order chi connectivity index (χ1) is 8.59. The first kappa shape index (κ1) is 15.9. The summed E-state index contributed by atoms with van der Waals surface area (Å²) in [5.41, 5.74) is 0. The molecule has 106 valence electrons. The maximum Gasteiger partial charge on any atom is 0.156 e. The number of hydrogen-bond acceptors (Lipinski definition) is 3. The van der Waals surface area contributed by atoms with Gasteiger partial charge < -0.3 is 5.32 Å². The van der Waals surface area contributed by atoms with E-state index in [4.69, 9.17) is 0 Å². The summed E-state index contributed by atoms with van der Waals surface area (Å²) in [5, 5.41) is 5.35. The minimum atomic E-state index is 0.693. The van der Waals surface area contributed by atoms with Crippen LogP contribution in [0.4, 0.5) is 0 Å².